The lowest BCUT2D eigenvalue weighted by atomic mass is 10.1. The van der Waals surface area contributed by atoms with E-state index >= 15 is 0 Å². The molecule has 0 heterocycles. The van der Waals surface area contributed by atoms with Gasteiger partial charge in [0, 0.05) is 10.2 Å². The van der Waals surface area contributed by atoms with E-state index in [9.17, 15) is 14.0 Å². The Labute approximate surface area is 134 Å². The van der Waals surface area contributed by atoms with Gasteiger partial charge < -0.3 is 16.4 Å². The maximum atomic E-state index is 13.6. The van der Waals surface area contributed by atoms with Gasteiger partial charge in [-0.1, -0.05) is 28.1 Å². The Hall–Kier alpha value is -2.41. The van der Waals surface area contributed by atoms with Crippen molar-refractivity contribution in [2.45, 2.75) is 0 Å². The summed E-state index contributed by atoms with van der Waals surface area (Å²) >= 11 is 3.14. The van der Waals surface area contributed by atoms with Crippen molar-refractivity contribution in [2.75, 3.05) is 17.2 Å². The van der Waals surface area contributed by atoms with Crippen LogP contribution in [0.25, 0.3) is 0 Å². The molecule has 4 N–H and O–H groups in total. The molecule has 0 spiro atoms. The number of carbonyl (C=O) groups excluding carboxylic acids is 2. The zero-order chi connectivity index (χ0) is 16.1. The molecule has 2 rings (SSSR count). The Morgan fingerprint density at radius 3 is 2.55 bits per heavy atom. The molecule has 0 unspecified atom stereocenters. The van der Waals surface area contributed by atoms with Crippen LogP contribution < -0.4 is 16.4 Å². The van der Waals surface area contributed by atoms with Gasteiger partial charge in [-0.3, -0.25) is 9.59 Å². The monoisotopic (exact) mass is 365 g/mol. The Bertz CT molecular complexity index is 722. The van der Waals surface area contributed by atoms with E-state index in [0.717, 1.165) is 0 Å². The van der Waals surface area contributed by atoms with Crippen molar-refractivity contribution >= 4 is 39.1 Å². The third-order valence-corrected chi connectivity index (χ3v) is 3.33. The van der Waals surface area contributed by atoms with Crippen LogP contribution in [0.3, 0.4) is 0 Å². The number of nitrogens with one attached hydrogen (secondary N) is 2. The van der Waals surface area contributed by atoms with Crippen molar-refractivity contribution in [3.63, 3.8) is 0 Å². The Morgan fingerprint density at radius 2 is 1.86 bits per heavy atom. The number of anilines is 2. The maximum Gasteiger partial charge on any atom is 0.250 e. The van der Waals surface area contributed by atoms with E-state index in [4.69, 9.17) is 5.73 Å². The van der Waals surface area contributed by atoms with Gasteiger partial charge in [-0.05, 0) is 30.3 Å². The van der Waals surface area contributed by atoms with Crippen molar-refractivity contribution < 1.29 is 14.0 Å². The molecule has 22 heavy (non-hydrogen) atoms. The molecule has 2 aromatic rings. The molecule has 114 valence electrons. The number of hydrogen-bond donors (Lipinski definition) is 3. The van der Waals surface area contributed by atoms with Gasteiger partial charge in [-0.25, -0.2) is 4.39 Å². The second kappa shape index (κ2) is 7.04. The molecular weight excluding hydrogens is 353 g/mol. The molecule has 0 aliphatic heterocycles. The van der Waals surface area contributed by atoms with Crippen LogP contribution in [0.1, 0.15) is 10.4 Å². The zero-order valence-corrected chi connectivity index (χ0v) is 13.0. The highest BCUT2D eigenvalue weighted by atomic mass is 79.9. The van der Waals surface area contributed by atoms with Crippen molar-refractivity contribution in [2.24, 2.45) is 5.73 Å². The molecule has 0 radical (unpaired) electrons. The van der Waals surface area contributed by atoms with Crippen LogP contribution in [-0.4, -0.2) is 18.4 Å². The Morgan fingerprint density at radius 1 is 1.14 bits per heavy atom. The fourth-order valence-corrected chi connectivity index (χ4v) is 2.15. The standard InChI is InChI=1S/C15H13BrFN3O2/c16-9-5-6-13(11(17)7-9)20-14(21)8-19-12-4-2-1-3-10(12)15(18)22/h1-7,19H,8H2,(H2,18,22)(H,20,21). The molecule has 0 bridgehead atoms. The van der Waals surface area contributed by atoms with Crippen molar-refractivity contribution in [1.82, 2.24) is 0 Å². The summed E-state index contributed by atoms with van der Waals surface area (Å²) in [5.41, 5.74) is 6.05. The molecule has 0 fully saturated rings. The van der Waals surface area contributed by atoms with Crippen LogP contribution >= 0.6 is 15.9 Å². The smallest absolute Gasteiger partial charge is 0.250 e. The number of amides is 2. The molecule has 0 saturated heterocycles. The van der Waals surface area contributed by atoms with E-state index in [1.807, 2.05) is 0 Å². The Kier molecular flexibility index (Phi) is 5.11. The zero-order valence-electron chi connectivity index (χ0n) is 11.4. The molecular formula is C15H13BrFN3O2. The van der Waals surface area contributed by atoms with E-state index in [0.29, 0.717) is 10.2 Å². The first-order valence-electron chi connectivity index (χ1n) is 6.35. The fourth-order valence-electron chi connectivity index (χ4n) is 1.81. The highest BCUT2D eigenvalue weighted by Gasteiger charge is 2.10. The van der Waals surface area contributed by atoms with Gasteiger partial charge in [-0.15, -0.1) is 0 Å². The van der Waals surface area contributed by atoms with Gasteiger partial charge in [0.05, 0.1) is 17.8 Å². The van der Waals surface area contributed by atoms with Crippen LogP contribution in [0, 0.1) is 5.82 Å². The number of primary amides is 1. The average Bonchev–Trinajstić information content (AvgIpc) is 2.48. The molecule has 7 heteroatoms. The number of benzene rings is 2. The van der Waals surface area contributed by atoms with Crippen LogP contribution in [0.15, 0.2) is 46.9 Å². The quantitative estimate of drug-likeness (QED) is 0.761. The first-order valence-corrected chi connectivity index (χ1v) is 7.14. The number of halogens is 2. The predicted molar refractivity (Wildman–Crippen MR) is 86.2 cm³/mol. The SMILES string of the molecule is NC(=O)c1ccccc1NCC(=O)Nc1ccc(Br)cc1F. The molecule has 0 atom stereocenters. The largest absolute Gasteiger partial charge is 0.376 e. The maximum absolute atomic E-state index is 13.6. The van der Waals surface area contributed by atoms with Gasteiger partial charge in [0.15, 0.2) is 0 Å². The van der Waals surface area contributed by atoms with Crippen LogP contribution in [0.2, 0.25) is 0 Å². The first-order chi connectivity index (χ1) is 10.5. The minimum Gasteiger partial charge on any atom is -0.376 e. The summed E-state index contributed by atoms with van der Waals surface area (Å²) in [5.74, 6) is -1.58. The minimum absolute atomic E-state index is 0.0817. The van der Waals surface area contributed by atoms with E-state index in [1.54, 1.807) is 30.3 Å². The summed E-state index contributed by atoms with van der Waals surface area (Å²) in [7, 11) is 0. The fraction of sp³-hybridized carbons (Fsp3) is 0.0667. The van der Waals surface area contributed by atoms with E-state index in [1.165, 1.54) is 12.1 Å². The van der Waals surface area contributed by atoms with Gasteiger partial charge in [0.25, 0.3) is 5.91 Å². The summed E-state index contributed by atoms with van der Waals surface area (Å²) in [6.45, 7) is -0.125. The number of rotatable bonds is 5. The van der Waals surface area contributed by atoms with Crippen molar-refractivity contribution in [3.8, 4) is 0 Å². The van der Waals surface area contributed by atoms with E-state index < -0.39 is 17.6 Å². The summed E-state index contributed by atoms with van der Waals surface area (Å²) in [6.07, 6.45) is 0. The molecule has 5 nitrogen and oxygen atoms in total. The number of hydrogen-bond acceptors (Lipinski definition) is 3. The molecule has 2 amide bonds. The lowest BCUT2D eigenvalue weighted by Gasteiger charge is -2.11. The topological polar surface area (TPSA) is 84.2 Å². The lowest BCUT2D eigenvalue weighted by Crippen LogP contribution is -2.23. The van der Waals surface area contributed by atoms with Gasteiger partial charge in [0.2, 0.25) is 5.91 Å². The molecule has 0 aromatic heterocycles. The number of carbonyl (C=O) groups is 2. The van der Waals surface area contributed by atoms with E-state index in [-0.39, 0.29) is 17.8 Å². The van der Waals surface area contributed by atoms with Crippen molar-refractivity contribution in [1.29, 1.82) is 0 Å². The van der Waals surface area contributed by atoms with Gasteiger partial charge in [-0.2, -0.15) is 0 Å². The van der Waals surface area contributed by atoms with Crippen molar-refractivity contribution in [3.05, 3.63) is 58.3 Å². The van der Waals surface area contributed by atoms with Gasteiger partial charge >= 0.3 is 0 Å². The van der Waals surface area contributed by atoms with E-state index in [2.05, 4.69) is 26.6 Å². The highest BCUT2D eigenvalue weighted by Crippen LogP contribution is 2.19. The van der Waals surface area contributed by atoms with Crippen LogP contribution in [0.5, 0.6) is 0 Å². The Balaban J connectivity index is 2.00. The molecule has 0 aliphatic rings. The third kappa shape index (κ3) is 4.05. The summed E-state index contributed by atoms with van der Waals surface area (Å²) in [5, 5.41) is 5.24. The number of nitrogens with two attached hydrogens (primary N) is 1. The lowest BCUT2D eigenvalue weighted by molar-refractivity contribution is -0.114. The van der Waals surface area contributed by atoms with Crippen LogP contribution in [-0.2, 0) is 4.79 Å². The normalized spacial score (nSPS) is 10.1. The molecule has 0 aliphatic carbocycles. The third-order valence-electron chi connectivity index (χ3n) is 2.84. The average molecular weight is 366 g/mol. The summed E-state index contributed by atoms with van der Waals surface area (Å²) < 4.78 is 14.2. The second-order valence-corrected chi connectivity index (χ2v) is 5.35. The summed E-state index contributed by atoms with van der Waals surface area (Å²) in [6, 6.07) is 10.9. The molecule has 2 aromatic carbocycles. The number of para-hydroxylation sites is 1. The van der Waals surface area contributed by atoms with Gasteiger partial charge in [0.1, 0.15) is 5.82 Å². The van der Waals surface area contributed by atoms with Crippen LogP contribution in [0.4, 0.5) is 15.8 Å². The summed E-state index contributed by atoms with van der Waals surface area (Å²) in [4.78, 5) is 23.1. The molecule has 0 saturated carbocycles. The first kappa shape index (κ1) is 16.0. The minimum atomic E-state index is -0.595. The second-order valence-electron chi connectivity index (χ2n) is 4.44. The predicted octanol–water partition coefficient (Wildman–Crippen LogP) is 2.74. The highest BCUT2D eigenvalue weighted by molar-refractivity contribution is 9.10.